The van der Waals surface area contributed by atoms with E-state index < -0.39 is 17.7 Å². The third kappa shape index (κ3) is 4.62. The number of phenols is 1. The fourth-order valence-corrected chi connectivity index (χ4v) is 4.29. The van der Waals surface area contributed by atoms with Gasteiger partial charge in [0, 0.05) is 11.3 Å². The summed E-state index contributed by atoms with van der Waals surface area (Å²) in [5.74, 6) is -1.38. The summed E-state index contributed by atoms with van der Waals surface area (Å²) in [6.45, 7) is 7.69. The summed E-state index contributed by atoms with van der Waals surface area (Å²) in [5.41, 5.74) is 3.29. The van der Waals surface area contributed by atoms with Crippen LogP contribution in [-0.4, -0.2) is 28.0 Å². The van der Waals surface area contributed by atoms with E-state index in [1.807, 2.05) is 39.8 Å². The van der Waals surface area contributed by atoms with Crippen LogP contribution >= 0.6 is 11.6 Å². The van der Waals surface area contributed by atoms with Gasteiger partial charge < -0.3 is 14.9 Å². The fourth-order valence-electron chi connectivity index (χ4n) is 4.10. The molecule has 180 valence electrons. The van der Waals surface area contributed by atoms with E-state index in [9.17, 15) is 19.8 Å². The maximum atomic E-state index is 13.3. The number of phenolic OH excluding ortho intramolecular Hbond substituents is 1. The average Bonchev–Trinajstić information content (AvgIpc) is 3.08. The molecule has 0 saturated carbocycles. The largest absolute Gasteiger partial charge is 0.507 e. The third-order valence-corrected chi connectivity index (χ3v) is 6.30. The lowest BCUT2D eigenvalue weighted by Gasteiger charge is -2.26. The van der Waals surface area contributed by atoms with Gasteiger partial charge in [-0.15, -0.1) is 0 Å². The van der Waals surface area contributed by atoms with Crippen LogP contribution in [0.4, 0.5) is 5.69 Å². The van der Waals surface area contributed by atoms with Crippen LogP contribution in [0.3, 0.4) is 0 Å². The first-order chi connectivity index (χ1) is 16.6. The van der Waals surface area contributed by atoms with Gasteiger partial charge in [0.2, 0.25) is 0 Å². The predicted octanol–water partition coefficient (Wildman–Crippen LogP) is 6.08. The van der Waals surface area contributed by atoms with Crippen LogP contribution in [0.5, 0.6) is 11.5 Å². The maximum Gasteiger partial charge on any atom is 0.300 e. The van der Waals surface area contributed by atoms with E-state index in [1.54, 1.807) is 36.4 Å². The fraction of sp³-hybridized carbons (Fsp3) is 0.214. The Hall–Kier alpha value is -3.77. The number of aromatic hydroxyl groups is 1. The van der Waals surface area contributed by atoms with Crippen LogP contribution in [0.1, 0.15) is 42.1 Å². The number of hydrogen-bond acceptors (Lipinski definition) is 5. The molecule has 2 N–H and O–H groups in total. The van der Waals surface area contributed by atoms with Crippen molar-refractivity contribution >= 4 is 34.7 Å². The number of amides is 1. The summed E-state index contributed by atoms with van der Waals surface area (Å²) >= 11 is 6.18. The molecule has 0 aliphatic carbocycles. The van der Waals surface area contributed by atoms with E-state index in [1.165, 1.54) is 17.0 Å². The summed E-state index contributed by atoms with van der Waals surface area (Å²) < 4.78 is 5.66. The van der Waals surface area contributed by atoms with Crippen LogP contribution in [-0.2, 0) is 9.59 Å². The van der Waals surface area contributed by atoms with Gasteiger partial charge in [0.15, 0.2) is 0 Å². The zero-order valence-corrected chi connectivity index (χ0v) is 20.6. The highest BCUT2D eigenvalue weighted by molar-refractivity contribution is 6.51. The number of ketones is 1. The lowest BCUT2D eigenvalue weighted by Crippen LogP contribution is -2.29. The van der Waals surface area contributed by atoms with Gasteiger partial charge in [-0.05, 0) is 92.9 Å². The molecule has 1 fully saturated rings. The second-order valence-electron chi connectivity index (χ2n) is 8.84. The van der Waals surface area contributed by atoms with E-state index in [0.29, 0.717) is 22.6 Å². The lowest BCUT2D eigenvalue weighted by atomic mass is 9.95. The molecule has 1 aliphatic rings. The molecule has 1 saturated heterocycles. The number of ether oxygens (including phenoxy) is 1. The van der Waals surface area contributed by atoms with Gasteiger partial charge >= 0.3 is 0 Å². The van der Waals surface area contributed by atoms with Crippen LogP contribution in [0.2, 0.25) is 5.02 Å². The first kappa shape index (κ1) is 24.4. The smallest absolute Gasteiger partial charge is 0.300 e. The Morgan fingerprint density at radius 2 is 1.66 bits per heavy atom. The first-order valence-corrected chi connectivity index (χ1v) is 11.6. The molecule has 4 rings (SSSR count). The highest BCUT2D eigenvalue weighted by Crippen LogP contribution is 2.44. The summed E-state index contributed by atoms with van der Waals surface area (Å²) in [7, 11) is 0. The number of carbonyl (C=O) groups is 2. The number of hydrogen-bond donors (Lipinski definition) is 2. The molecule has 1 unspecified atom stereocenters. The maximum absolute atomic E-state index is 13.3. The van der Waals surface area contributed by atoms with Crippen molar-refractivity contribution in [2.75, 3.05) is 4.90 Å². The average molecular weight is 492 g/mol. The third-order valence-electron chi connectivity index (χ3n) is 6.00. The summed E-state index contributed by atoms with van der Waals surface area (Å²) in [6, 6.07) is 15.7. The number of halogens is 1. The summed E-state index contributed by atoms with van der Waals surface area (Å²) in [5, 5.41) is 21.3. The number of aliphatic hydroxyl groups is 1. The molecule has 1 atom stereocenters. The number of aryl methyl sites for hydroxylation is 2. The molecule has 0 spiro atoms. The van der Waals surface area contributed by atoms with Gasteiger partial charge in [0.1, 0.15) is 17.3 Å². The Bertz CT molecular complexity index is 1340. The molecule has 1 heterocycles. The highest BCUT2D eigenvalue weighted by Gasteiger charge is 2.47. The van der Waals surface area contributed by atoms with Gasteiger partial charge in [0.25, 0.3) is 11.7 Å². The molecule has 35 heavy (non-hydrogen) atoms. The van der Waals surface area contributed by atoms with Crippen molar-refractivity contribution in [1.29, 1.82) is 0 Å². The molecule has 0 bridgehead atoms. The molecule has 1 amide bonds. The number of benzene rings is 3. The molecule has 1 aliphatic heterocycles. The van der Waals surface area contributed by atoms with Crippen LogP contribution in [0.25, 0.3) is 5.76 Å². The van der Waals surface area contributed by atoms with Gasteiger partial charge in [0.05, 0.1) is 22.7 Å². The topological polar surface area (TPSA) is 87.1 Å². The number of anilines is 1. The Balaban J connectivity index is 1.90. The minimum Gasteiger partial charge on any atom is -0.507 e. The van der Waals surface area contributed by atoms with Crippen molar-refractivity contribution < 1.29 is 24.5 Å². The Morgan fingerprint density at radius 1 is 0.971 bits per heavy atom. The van der Waals surface area contributed by atoms with E-state index in [0.717, 1.165) is 11.1 Å². The molecule has 0 aromatic heterocycles. The van der Waals surface area contributed by atoms with Gasteiger partial charge in [-0.1, -0.05) is 23.7 Å². The number of aliphatic hydroxyl groups excluding tert-OH is 1. The Kier molecular flexibility index (Phi) is 6.59. The zero-order chi connectivity index (χ0) is 25.4. The summed E-state index contributed by atoms with van der Waals surface area (Å²) in [4.78, 5) is 27.9. The number of rotatable bonds is 5. The van der Waals surface area contributed by atoms with Crippen LogP contribution < -0.4 is 9.64 Å². The molecule has 3 aromatic carbocycles. The number of carbonyl (C=O) groups excluding carboxylic acids is 2. The lowest BCUT2D eigenvalue weighted by molar-refractivity contribution is -0.132. The van der Waals surface area contributed by atoms with Crippen LogP contribution in [0.15, 0.2) is 66.2 Å². The molecule has 3 aromatic rings. The van der Waals surface area contributed by atoms with Gasteiger partial charge in [-0.2, -0.15) is 0 Å². The molecule has 6 nitrogen and oxygen atoms in total. The minimum atomic E-state index is -0.943. The van der Waals surface area contributed by atoms with Crippen molar-refractivity contribution in [2.24, 2.45) is 0 Å². The zero-order valence-electron chi connectivity index (χ0n) is 19.9. The second-order valence-corrected chi connectivity index (χ2v) is 9.25. The van der Waals surface area contributed by atoms with Crippen LogP contribution in [0, 0.1) is 13.8 Å². The van der Waals surface area contributed by atoms with Gasteiger partial charge in [-0.25, -0.2) is 0 Å². The van der Waals surface area contributed by atoms with Gasteiger partial charge in [-0.3, -0.25) is 14.5 Å². The molecule has 7 heteroatoms. The molecular formula is C28H26ClNO5. The first-order valence-electron chi connectivity index (χ1n) is 11.2. The van der Waals surface area contributed by atoms with Crippen molar-refractivity contribution in [3.05, 3.63) is 93.5 Å². The SMILES string of the molecule is Cc1ccc(N2C(=O)C(=O)/C(=C(/O)c3ccc(OC(C)C)cc3)C2c2ccc(O)c(Cl)c2)cc1C. The summed E-state index contributed by atoms with van der Waals surface area (Å²) in [6.07, 6.45) is -0.0167. The molecule has 0 radical (unpaired) electrons. The normalized spacial score (nSPS) is 17.3. The minimum absolute atomic E-state index is 0.0167. The Labute approximate surface area is 209 Å². The predicted molar refractivity (Wildman–Crippen MR) is 136 cm³/mol. The van der Waals surface area contributed by atoms with Crippen molar-refractivity contribution in [2.45, 2.75) is 39.8 Å². The molecular weight excluding hydrogens is 466 g/mol. The quantitative estimate of drug-likeness (QED) is 0.257. The monoisotopic (exact) mass is 491 g/mol. The highest BCUT2D eigenvalue weighted by atomic mass is 35.5. The van der Waals surface area contributed by atoms with Crippen molar-refractivity contribution in [1.82, 2.24) is 0 Å². The van der Waals surface area contributed by atoms with E-state index >= 15 is 0 Å². The second kappa shape index (κ2) is 9.47. The number of nitrogens with zero attached hydrogens (tertiary/aromatic N) is 1. The van der Waals surface area contributed by atoms with Crippen molar-refractivity contribution in [3.8, 4) is 11.5 Å². The van der Waals surface area contributed by atoms with E-state index in [2.05, 4.69) is 0 Å². The standard InChI is InChI=1S/C28H26ClNO5/c1-15(2)35-21-10-6-18(7-11-21)26(32)24-25(19-8-12-23(31)22(29)14-19)30(28(34)27(24)33)20-9-5-16(3)17(4)13-20/h5-15,25,31-32H,1-4H3/b26-24+. The number of Topliss-reactive ketones (excluding diaryl/α,β-unsaturated/α-hetero) is 1. The van der Waals surface area contributed by atoms with E-state index in [-0.39, 0.29) is 28.2 Å². The Morgan fingerprint density at radius 3 is 2.26 bits per heavy atom. The van der Waals surface area contributed by atoms with E-state index in [4.69, 9.17) is 16.3 Å². The van der Waals surface area contributed by atoms with Crippen molar-refractivity contribution in [3.63, 3.8) is 0 Å².